The number of likely N-dealkylation sites (N-methyl/N-ethyl adjacent to an activating group) is 1. The van der Waals surface area contributed by atoms with Gasteiger partial charge in [-0.3, -0.25) is 4.68 Å². The Morgan fingerprint density at radius 2 is 2.43 bits per heavy atom. The van der Waals surface area contributed by atoms with Gasteiger partial charge in [0.25, 0.3) is 0 Å². The van der Waals surface area contributed by atoms with Crippen molar-refractivity contribution < 1.29 is 0 Å². The van der Waals surface area contributed by atoms with Crippen LogP contribution in [0.4, 0.5) is 0 Å². The fraction of sp³-hybridized carbons (Fsp3) is 0.300. The van der Waals surface area contributed by atoms with Crippen LogP contribution in [-0.2, 0) is 6.54 Å². The Morgan fingerprint density at radius 3 is 3.14 bits per heavy atom. The van der Waals surface area contributed by atoms with Gasteiger partial charge in [-0.05, 0) is 29.4 Å². The Bertz CT molecular complexity index is 378. The Labute approximate surface area is 87.4 Å². The molecule has 0 spiro atoms. The molecule has 1 N–H and O–H groups in total. The fourth-order valence-electron chi connectivity index (χ4n) is 1.29. The zero-order valence-corrected chi connectivity index (χ0v) is 8.92. The first-order valence-electron chi connectivity index (χ1n) is 4.60. The van der Waals surface area contributed by atoms with Crippen molar-refractivity contribution in [1.29, 1.82) is 0 Å². The summed E-state index contributed by atoms with van der Waals surface area (Å²) in [6.07, 6.45) is 4.00. The highest BCUT2D eigenvalue weighted by Crippen LogP contribution is 2.20. The fourth-order valence-corrected chi connectivity index (χ4v) is 1.96. The van der Waals surface area contributed by atoms with Gasteiger partial charge in [0, 0.05) is 18.3 Å². The first-order chi connectivity index (χ1) is 6.90. The summed E-state index contributed by atoms with van der Waals surface area (Å²) < 4.78 is 1.96. The van der Waals surface area contributed by atoms with Crippen molar-refractivity contribution in [2.75, 3.05) is 13.6 Å². The van der Waals surface area contributed by atoms with Gasteiger partial charge in [0.15, 0.2) is 0 Å². The van der Waals surface area contributed by atoms with Gasteiger partial charge in [0.05, 0.1) is 12.7 Å². The smallest absolute Gasteiger partial charge is 0.0568 e. The van der Waals surface area contributed by atoms with Crippen LogP contribution in [0.25, 0.3) is 11.1 Å². The van der Waals surface area contributed by atoms with Gasteiger partial charge in [0.2, 0.25) is 0 Å². The lowest BCUT2D eigenvalue weighted by atomic mass is 10.2. The zero-order chi connectivity index (χ0) is 9.80. The highest BCUT2D eigenvalue weighted by Gasteiger charge is 2.00. The van der Waals surface area contributed by atoms with Gasteiger partial charge >= 0.3 is 0 Å². The molecule has 2 heterocycles. The van der Waals surface area contributed by atoms with Gasteiger partial charge in [0.1, 0.15) is 0 Å². The van der Waals surface area contributed by atoms with Crippen molar-refractivity contribution in [3.05, 3.63) is 29.2 Å². The van der Waals surface area contributed by atoms with E-state index in [1.165, 1.54) is 11.1 Å². The molecule has 0 aliphatic heterocycles. The summed E-state index contributed by atoms with van der Waals surface area (Å²) in [5, 5.41) is 11.6. The molecule has 3 nitrogen and oxygen atoms in total. The molecule has 2 aromatic heterocycles. The molecule has 0 aliphatic carbocycles. The number of aromatic nitrogens is 2. The van der Waals surface area contributed by atoms with Crippen molar-refractivity contribution in [2.24, 2.45) is 0 Å². The molecule has 0 saturated carbocycles. The SMILES string of the molecule is CNCCn1cc(-c2ccsc2)cn1. The summed E-state index contributed by atoms with van der Waals surface area (Å²) >= 11 is 1.71. The van der Waals surface area contributed by atoms with Crippen LogP contribution in [0.2, 0.25) is 0 Å². The summed E-state index contributed by atoms with van der Waals surface area (Å²) in [5.41, 5.74) is 2.45. The molecule has 0 atom stereocenters. The lowest BCUT2D eigenvalue weighted by molar-refractivity contribution is 0.585. The molecule has 0 fully saturated rings. The molecule has 14 heavy (non-hydrogen) atoms. The summed E-state index contributed by atoms with van der Waals surface area (Å²) in [6, 6.07) is 2.12. The van der Waals surface area contributed by atoms with Crippen molar-refractivity contribution in [1.82, 2.24) is 15.1 Å². The van der Waals surface area contributed by atoms with Gasteiger partial charge < -0.3 is 5.32 Å². The lowest BCUT2D eigenvalue weighted by Gasteiger charge is -1.98. The molecule has 0 amide bonds. The minimum absolute atomic E-state index is 0.917. The van der Waals surface area contributed by atoms with E-state index in [1.54, 1.807) is 11.3 Å². The topological polar surface area (TPSA) is 29.9 Å². The third kappa shape index (κ3) is 2.02. The number of thiophene rings is 1. The molecule has 0 saturated heterocycles. The molecule has 0 bridgehead atoms. The van der Waals surface area contributed by atoms with Crippen molar-refractivity contribution in [3.63, 3.8) is 0 Å². The normalized spacial score (nSPS) is 10.6. The lowest BCUT2D eigenvalue weighted by Crippen LogP contribution is -2.14. The number of hydrogen-bond donors (Lipinski definition) is 1. The van der Waals surface area contributed by atoms with Crippen LogP contribution in [0, 0.1) is 0 Å². The zero-order valence-electron chi connectivity index (χ0n) is 8.10. The van der Waals surface area contributed by atoms with Crippen LogP contribution in [-0.4, -0.2) is 23.4 Å². The summed E-state index contributed by atoms with van der Waals surface area (Å²) in [7, 11) is 1.95. The van der Waals surface area contributed by atoms with Gasteiger partial charge in [-0.1, -0.05) is 0 Å². The van der Waals surface area contributed by atoms with E-state index in [4.69, 9.17) is 0 Å². The maximum atomic E-state index is 4.29. The number of hydrogen-bond acceptors (Lipinski definition) is 3. The van der Waals surface area contributed by atoms with E-state index in [0.29, 0.717) is 0 Å². The van der Waals surface area contributed by atoms with Crippen molar-refractivity contribution in [2.45, 2.75) is 6.54 Å². The van der Waals surface area contributed by atoms with E-state index in [2.05, 4.69) is 33.4 Å². The monoisotopic (exact) mass is 207 g/mol. The Balaban J connectivity index is 2.10. The van der Waals surface area contributed by atoms with Crippen molar-refractivity contribution >= 4 is 11.3 Å². The van der Waals surface area contributed by atoms with Gasteiger partial charge in [-0.25, -0.2) is 0 Å². The summed E-state index contributed by atoms with van der Waals surface area (Å²) in [4.78, 5) is 0. The number of rotatable bonds is 4. The van der Waals surface area contributed by atoms with Crippen LogP contribution >= 0.6 is 11.3 Å². The van der Waals surface area contributed by atoms with Crippen LogP contribution in [0.3, 0.4) is 0 Å². The first kappa shape index (κ1) is 9.43. The van der Waals surface area contributed by atoms with Gasteiger partial charge in [-0.15, -0.1) is 0 Å². The van der Waals surface area contributed by atoms with E-state index in [9.17, 15) is 0 Å². The minimum Gasteiger partial charge on any atom is -0.318 e. The predicted octanol–water partition coefficient (Wildman–Crippen LogP) is 1.83. The third-order valence-corrected chi connectivity index (χ3v) is 2.76. The highest BCUT2D eigenvalue weighted by molar-refractivity contribution is 7.08. The quantitative estimate of drug-likeness (QED) is 0.829. The first-order valence-corrected chi connectivity index (χ1v) is 5.54. The molecule has 0 aliphatic rings. The number of nitrogens with zero attached hydrogens (tertiary/aromatic N) is 2. The standard InChI is InChI=1S/C10H13N3S/c1-11-3-4-13-7-10(6-12-13)9-2-5-14-8-9/h2,5-8,11H,3-4H2,1H3. The Kier molecular flexibility index (Phi) is 2.96. The molecular formula is C10H13N3S. The van der Waals surface area contributed by atoms with E-state index < -0.39 is 0 Å². The molecule has 0 radical (unpaired) electrons. The van der Waals surface area contributed by atoms with Crippen molar-refractivity contribution in [3.8, 4) is 11.1 Å². The van der Waals surface area contributed by atoms with Crippen LogP contribution in [0.1, 0.15) is 0 Å². The summed E-state index contributed by atoms with van der Waals surface area (Å²) in [6.45, 7) is 1.87. The minimum atomic E-state index is 0.917. The number of nitrogens with one attached hydrogen (secondary N) is 1. The molecule has 74 valence electrons. The van der Waals surface area contributed by atoms with E-state index in [1.807, 2.05) is 17.9 Å². The molecule has 0 unspecified atom stereocenters. The maximum Gasteiger partial charge on any atom is 0.0568 e. The third-order valence-electron chi connectivity index (χ3n) is 2.08. The molecule has 2 rings (SSSR count). The predicted molar refractivity (Wildman–Crippen MR) is 59.5 cm³/mol. The van der Waals surface area contributed by atoms with Gasteiger partial charge in [-0.2, -0.15) is 16.4 Å². The average molecular weight is 207 g/mol. The second-order valence-corrected chi connectivity index (χ2v) is 3.89. The van der Waals surface area contributed by atoms with Crippen LogP contribution in [0.5, 0.6) is 0 Å². The second kappa shape index (κ2) is 4.39. The van der Waals surface area contributed by atoms with Crippen LogP contribution in [0.15, 0.2) is 29.2 Å². The van der Waals surface area contributed by atoms with E-state index in [-0.39, 0.29) is 0 Å². The second-order valence-electron chi connectivity index (χ2n) is 3.11. The molecule has 0 aromatic carbocycles. The highest BCUT2D eigenvalue weighted by atomic mass is 32.1. The Morgan fingerprint density at radius 1 is 1.50 bits per heavy atom. The average Bonchev–Trinajstić information content (AvgIpc) is 2.85. The maximum absolute atomic E-state index is 4.29. The van der Waals surface area contributed by atoms with E-state index >= 15 is 0 Å². The summed E-state index contributed by atoms with van der Waals surface area (Å²) in [5.74, 6) is 0. The molecule has 4 heteroatoms. The Hall–Kier alpha value is -1.13. The largest absolute Gasteiger partial charge is 0.318 e. The van der Waals surface area contributed by atoms with Crippen LogP contribution < -0.4 is 5.32 Å². The molecule has 2 aromatic rings. The van der Waals surface area contributed by atoms with E-state index in [0.717, 1.165) is 13.1 Å². The molecular weight excluding hydrogens is 194 g/mol.